The summed E-state index contributed by atoms with van der Waals surface area (Å²) in [5.41, 5.74) is 0.476. The van der Waals surface area contributed by atoms with E-state index in [4.69, 9.17) is 4.74 Å². The third-order valence-corrected chi connectivity index (χ3v) is 3.54. The Labute approximate surface area is 135 Å². The summed E-state index contributed by atoms with van der Waals surface area (Å²) in [6, 6.07) is 4.60. The molecule has 4 nitrogen and oxygen atoms in total. The van der Waals surface area contributed by atoms with Crippen molar-refractivity contribution in [3.63, 3.8) is 0 Å². The lowest BCUT2D eigenvalue weighted by atomic mass is 10.0. The second-order valence-corrected chi connectivity index (χ2v) is 6.67. The molecule has 0 spiro atoms. The van der Waals surface area contributed by atoms with Crippen LogP contribution in [0.2, 0.25) is 0 Å². The van der Waals surface area contributed by atoms with Crippen molar-refractivity contribution in [3.8, 4) is 0 Å². The summed E-state index contributed by atoms with van der Waals surface area (Å²) in [5, 5.41) is 2.71. The fourth-order valence-electron chi connectivity index (χ4n) is 1.75. The minimum absolute atomic E-state index is 0.272. The van der Waals surface area contributed by atoms with Crippen LogP contribution in [0.3, 0.4) is 0 Å². The summed E-state index contributed by atoms with van der Waals surface area (Å²) in [7, 11) is 1.32. The van der Waals surface area contributed by atoms with E-state index in [1.165, 1.54) is 7.11 Å². The van der Waals surface area contributed by atoms with Gasteiger partial charge in [-0.15, -0.1) is 0 Å². The third-order valence-electron chi connectivity index (χ3n) is 2.62. The summed E-state index contributed by atoms with van der Waals surface area (Å²) < 4.78 is 6.30. The molecule has 1 N–H and O–H groups in total. The van der Waals surface area contributed by atoms with Crippen LogP contribution in [-0.2, 0) is 9.53 Å². The lowest BCUT2D eigenvalue weighted by molar-refractivity contribution is -0.143. The van der Waals surface area contributed by atoms with Crippen LogP contribution in [0.15, 0.2) is 27.1 Å². The van der Waals surface area contributed by atoms with Gasteiger partial charge >= 0.3 is 5.97 Å². The Bertz CT molecular complexity index is 483. The van der Waals surface area contributed by atoms with E-state index in [0.29, 0.717) is 12.0 Å². The molecule has 0 unspecified atom stereocenters. The molecule has 1 aromatic rings. The normalized spacial score (nSPS) is 12.1. The topological polar surface area (TPSA) is 55.4 Å². The van der Waals surface area contributed by atoms with Crippen LogP contribution in [0.5, 0.6) is 0 Å². The number of hydrogen-bond donors (Lipinski definition) is 1. The highest BCUT2D eigenvalue weighted by Crippen LogP contribution is 2.20. The molecular weight excluding hydrogens is 390 g/mol. The Morgan fingerprint density at radius 1 is 1.20 bits per heavy atom. The number of amides is 1. The summed E-state index contributed by atoms with van der Waals surface area (Å²) in [4.78, 5) is 23.9. The highest BCUT2D eigenvalue weighted by atomic mass is 79.9. The predicted octanol–water partition coefficient (Wildman–Crippen LogP) is 3.53. The molecule has 6 heteroatoms. The molecule has 0 aliphatic heterocycles. The fourth-order valence-corrected chi connectivity index (χ4v) is 3.05. The zero-order chi connectivity index (χ0) is 15.3. The monoisotopic (exact) mass is 405 g/mol. The first-order valence-corrected chi connectivity index (χ1v) is 7.77. The molecule has 0 aliphatic rings. The second kappa shape index (κ2) is 7.78. The van der Waals surface area contributed by atoms with E-state index in [9.17, 15) is 9.59 Å². The van der Waals surface area contributed by atoms with Crippen LogP contribution in [0.4, 0.5) is 0 Å². The summed E-state index contributed by atoms with van der Waals surface area (Å²) in [6.07, 6.45) is 0.535. The van der Waals surface area contributed by atoms with Crippen LogP contribution < -0.4 is 5.32 Å². The third kappa shape index (κ3) is 5.25. The molecule has 0 bridgehead atoms. The van der Waals surface area contributed by atoms with Gasteiger partial charge in [-0.05, 0) is 30.5 Å². The molecule has 0 aliphatic carbocycles. The molecule has 1 atom stereocenters. The average Bonchev–Trinajstić information content (AvgIpc) is 2.35. The first-order chi connectivity index (χ1) is 9.33. The molecule has 0 heterocycles. The van der Waals surface area contributed by atoms with Crippen molar-refractivity contribution >= 4 is 43.7 Å². The predicted molar refractivity (Wildman–Crippen MR) is 84.6 cm³/mol. The van der Waals surface area contributed by atoms with Crippen molar-refractivity contribution in [2.45, 2.75) is 26.3 Å². The molecular formula is C14H17Br2NO3. The quantitative estimate of drug-likeness (QED) is 0.761. The Hall–Kier alpha value is -0.880. The zero-order valence-corrected chi connectivity index (χ0v) is 14.7. The number of esters is 1. The largest absolute Gasteiger partial charge is 0.467 e. The molecule has 1 rings (SSSR count). The van der Waals surface area contributed by atoms with Crippen molar-refractivity contribution in [2.24, 2.45) is 5.92 Å². The summed E-state index contributed by atoms with van der Waals surface area (Å²) in [6.45, 7) is 3.97. The number of halogens is 2. The molecule has 20 heavy (non-hydrogen) atoms. The molecule has 0 saturated carbocycles. The maximum absolute atomic E-state index is 12.2. The van der Waals surface area contributed by atoms with E-state index >= 15 is 0 Å². The molecule has 0 aromatic heterocycles. The van der Waals surface area contributed by atoms with Gasteiger partial charge in [-0.2, -0.15) is 0 Å². The molecule has 110 valence electrons. The SMILES string of the molecule is COC(=O)[C@H](CC(C)C)NC(=O)c1cc(Br)cc(Br)c1. The van der Waals surface area contributed by atoms with E-state index in [-0.39, 0.29) is 11.8 Å². The van der Waals surface area contributed by atoms with E-state index < -0.39 is 12.0 Å². The molecule has 1 amide bonds. The number of ether oxygens (including phenoxy) is 1. The number of rotatable bonds is 5. The summed E-state index contributed by atoms with van der Waals surface area (Å²) in [5.74, 6) is -0.460. The van der Waals surface area contributed by atoms with Crippen molar-refractivity contribution in [2.75, 3.05) is 7.11 Å². The minimum atomic E-state index is -0.634. The number of nitrogens with one attached hydrogen (secondary N) is 1. The number of hydrogen-bond acceptors (Lipinski definition) is 3. The van der Waals surface area contributed by atoms with E-state index in [2.05, 4.69) is 37.2 Å². The Balaban J connectivity index is 2.87. The molecule has 1 aromatic carbocycles. The van der Waals surface area contributed by atoms with Crippen molar-refractivity contribution in [3.05, 3.63) is 32.7 Å². The Morgan fingerprint density at radius 2 is 1.75 bits per heavy atom. The van der Waals surface area contributed by atoms with Crippen LogP contribution in [0.1, 0.15) is 30.6 Å². The first-order valence-electron chi connectivity index (χ1n) is 6.18. The zero-order valence-electron chi connectivity index (χ0n) is 11.6. The average molecular weight is 407 g/mol. The van der Waals surface area contributed by atoms with Crippen molar-refractivity contribution in [1.82, 2.24) is 5.32 Å². The van der Waals surface area contributed by atoms with Gasteiger partial charge in [0, 0.05) is 14.5 Å². The maximum Gasteiger partial charge on any atom is 0.328 e. The lowest BCUT2D eigenvalue weighted by Gasteiger charge is -2.18. The number of carbonyl (C=O) groups is 2. The summed E-state index contributed by atoms with van der Waals surface area (Å²) >= 11 is 6.66. The Morgan fingerprint density at radius 3 is 2.20 bits per heavy atom. The van der Waals surface area contributed by atoms with Gasteiger partial charge in [0.2, 0.25) is 0 Å². The first kappa shape index (κ1) is 17.2. The standard InChI is InChI=1S/C14H17Br2NO3/c1-8(2)4-12(14(19)20-3)17-13(18)9-5-10(15)7-11(16)6-9/h5-8,12H,4H2,1-3H3,(H,17,18)/t12-/m0/s1. The highest BCUT2D eigenvalue weighted by Gasteiger charge is 2.23. The smallest absolute Gasteiger partial charge is 0.328 e. The molecule has 0 radical (unpaired) electrons. The van der Waals surface area contributed by atoms with Gasteiger partial charge in [0.1, 0.15) is 6.04 Å². The lowest BCUT2D eigenvalue weighted by Crippen LogP contribution is -2.42. The van der Waals surface area contributed by atoms with Gasteiger partial charge in [-0.1, -0.05) is 45.7 Å². The molecule has 0 saturated heterocycles. The number of methoxy groups -OCH3 is 1. The van der Waals surface area contributed by atoms with Gasteiger partial charge in [-0.3, -0.25) is 4.79 Å². The Kier molecular flexibility index (Phi) is 6.68. The van der Waals surface area contributed by atoms with Gasteiger partial charge in [0.05, 0.1) is 7.11 Å². The van der Waals surface area contributed by atoms with Gasteiger partial charge in [0.15, 0.2) is 0 Å². The number of carbonyl (C=O) groups excluding carboxylic acids is 2. The van der Waals surface area contributed by atoms with E-state index in [0.717, 1.165) is 8.95 Å². The van der Waals surface area contributed by atoms with Crippen LogP contribution in [0.25, 0.3) is 0 Å². The van der Waals surface area contributed by atoms with Crippen LogP contribution in [0, 0.1) is 5.92 Å². The van der Waals surface area contributed by atoms with Crippen LogP contribution in [-0.4, -0.2) is 25.0 Å². The van der Waals surface area contributed by atoms with Crippen molar-refractivity contribution in [1.29, 1.82) is 0 Å². The highest BCUT2D eigenvalue weighted by molar-refractivity contribution is 9.11. The van der Waals surface area contributed by atoms with E-state index in [1.54, 1.807) is 12.1 Å². The van der Waals surface area contributed by atoms with E-state index in [1.807, 2.05) is 19.9 Å². The fraction of sp³-hybridized carbons (Fsp3) is 0.429. The minimum Gasteiger partial charge on any atom is -0.467 e. The number of benzene rings is 1. The van der Waals surface area contributed by atoms with Gasteiger partial charge in [0.25, 0.3) is 5.91 Å². The maximum atomic E-state index is 12.2. The van der Waals surface area contributed by atoms with Crippen molar-refractivity contribution < 1.29 is 14.3 Å². The van der Waals surface area contributed by atoms with Gasteiger partial charge in [-0.25, -0.2) is 4.79 Å². The molecule has 0 fully saturated rings. The van der Waals surface area contributed by atoms with Crippen LogP contribution >= 0.6 is 31.9 Å². The van der Waals surface area contributed by atoms with Gasteiger partial charge < -0.3 is 10.1 Å². The second-order valence-electron chi connectivity index (χ2n) is 4.84.